The lowest BCUT2D eigenvalue weighted by atomic mass is 9.43. The van der Waals surface area contributed by atoms with Gasteiger partial charge in [0, 0.05) is 4.88 Å². The van der Waals surface area contributed by atoms with E-state index in [1.54, 1.807) is 13.0 Å². The molecule has 1 aromatic carbocycles. The summed E-state index contributed by atoms with van der Waals surface area (Å²) in [7, 11) is 0. The van der Waals surface area contributed by atoms with E-state index in [4.69, 9.17) is 9.47 Å². The zero-order chi connectivity index (χ0) is 27.2. The van der Waals surface area contributed by atoms with Gasteiger partial charge in [-0.1, -0.05) is 32.0 Å². The standard InChI is InChI=1S/C31H39NO5S/c1-6-36-28(34)24-11-25(18(2)3)38-27(24)32-26(33)16-37-29(35)31-14-21-10-22(15-31)13-30(12-21,17-31)23-8-7-19(4)20(5)9-23/h7-9,11,18,21-22H,6,10,12-17H2,1-5H3,(H,32,33). The summed E-state index contributed by atoms with van der Waals surface area (Å²) in [6.07, 6.45) is 5.96. The Hall–Kier alpha value is -2.67. The van der Waals surface area contributed by atoms with E-state index in [2.05, 4.69) is 37.4 Å². The Labute approximate surface area is 229 Å². The van der Waals surface area contributed by atoms with Crippen molar-refractivity contribution in [3.05, 3.63) is 51.4 Å². The molecule has 38 heavy (non-hydrogen) atoms. The Morgan fingerprint density at radius 1 is 1.03 bits per heavy atom. The highest BCUT2D eigenvalue weighted by molar-refractivity contribution is 7.16. The highest BCUT2D eigenvalue weighted by Crippen LogP contribution is 2.66. The lowest BCUT2D eigenvalue weighted by molar-refractivity contribution is -0.175. The predicted octanol–water partition coefficient (Wildman–Crippen LogP) is 6.68. The molecule has 6 rings (SSSR count). The molecule has 0 spiro atoms. The first-order valence-corrected chi connectivity index (χ1v) is 14.7. The number of benzene rings is 1. The average molecular weight is 538 g/mol. The third-order valence-electron chi connectivity index (χ3n) is 9.02. The van der Waals surface area contributed by atoms with Gasteiger partial charge in [-0.3, -0.25) is 9.59 Å². The summed E-state index contributed by atoms with van der Waals surface area (Å²) in [5.74, 6) is 0.105. The van der Waals surface area contributed by atoms with E-state index in [0.717, 1.165) is 37.0 Å². The highest BCUT2D eigenvalue weighted by Gasteiger charge is 2.61. The topological polar surface area (TPSA) is 81.7 Å². The number of esters is 2. The van der Waals surface area contributed by atoms with E-state index >= 15 is 0 Å². The molecule has 2 unspecified atom stereocenters. The van der Waals surface area contributed by atoms with Crippen LogP contribution in [0, 0.1) is 31.1 Å². The molecule has 4 saturated carbocycles. The Bertz CT molecular complexity index is 1250. The number of carbonyl (C=O) groups is 3. The van der Waals surface area contributed by atoms with Gasteiger partial charge < -0.3 is 14.8 Å². The second-order valence-electron chi connectivity index (χ2n) is 12.2. The van der Waals surface area contributed by atoms with Crippen molar-refractivity contribution in [2.45, 2.75) is 84.5 Å². The van der Waals surface area contributed by atoms with Gasteiger partial charge in [-0.15, -0.1) is 11.3 Å². The van der Waals surface area contributed by atoms with Gasteiger partial charge in [0.05, 0.1) is 17.6 Å². The second-order valence-corrected chi connectivity index (χ2v) is 13.3. The number of anilines is 1. The van der Waals surface area contributed by atoms with E-state index in [1.807, 2.05) is 13.8 Å². The molecule has 7 heteroatoms. The van der Waals surface area contributed by atoms with E-state index in [9.17, 15) is 14.4 Å². The van der Waals surface area contributed by atoms with Gasteiger partial charge in [0.1, 0.15) is 5.00 Å². The van der Waals surface area contributed by atoms with Crippen LogP contribution in [-0.4, -0.2) is 31.1 Å². The van der Waals surface area contributed by atoms with Crippen molar-refractivity contribution in [1.29, 1.82) is 0 Å². The molecule has 4 fully saturated rings. The Morgan fingerprint density at radius 3 is 2.37 bits per heavy atom. The number of amides is 1. The van der Waals surface area contributed by atoms with Crippen molar-refractivity contribution in [1.82, 2.24) is 0 Å². The van der Waals surface area contributed by atoms with Crippen molar-refractivity contribution >= 4 is 34.2 Å². The van der Waals surface area contributed by atoms with Crippen molar-refractivity contribution < 1.29 is 23.9 Å². The van der Waals surface area contributed by atoms with Gasteiger partial charge in [-0.2, -0.15) is 0 Å². The summed E-state index contributed by atoms with van der Waals surface area (Å²) in [4.78, 5) is 39.9. The maximum atomic E-state index is 13.6. The number of carbonyl (C=O) groups excluding carboxylic acids is 3. The van der Waals surface area contributed by atoms with Crippen LogP contribution in [0.4, 0.5) is 5.00 Å². The number of hydrogen-bond acceptors (Lipinski definition) is 6. The van der Waals surface area contributed by atoms with E-state index in [1.165, 1.54) is 34.4 Å². The minimum atomic E-state index is -0.521. The van der Waals surface area contributed by atoms with Crippen LogP contribution in [0.15, 0.2) is 24.3 Å². The second kappa shape index (κ2) is 10.1. The zero-order valence-corrected chi connectivity index (χ0v) is 24.0. The molecule has 0 saturated heterocycles. The highest BCUT2D eigenvalue weighted by atomic mass is 32.1. The maximum Gasteiger partial charge on any atom is 0.341 e. The maximum absolute atomic E-state index is 13.6. The van der Waals surface area contributed by atoms with Gasteiger partial charge >= 0.3 is 11.9 Å². The zero-order valence-electron chi connectivity index (χ0n) is 23.1. The van der Waals surface area contributed by atoms with Crippen LogP contribution in [-0.2, 0) is 24.5 Å². The first-order chi connectivity index (χ1) is 18.0. The van der Waals surface area contributed by atoms with Crippen LogP contribution >= 0.6 is 11.3 Å². The summed E-state index contributed by atoms with van der Waals surface area (Å²) in [5.41, 5.74) is 3.78. The largest absolute Gasteiger partial charge is 0.462 e. The summed E-state index contributed by atoms with van der Waals surface area (Å²) in [6, 6.07) is 8.56. The summed E-state index contributed by atoms with van der Waals surface area (Å²) in [5, 5.41) is 3.24. The number of rotatable bonds is 8. The van der Waals surface area contributed by atoms with Crippen LogP contribution in [0.5, 0.6) is 0 Å². The molecule has 4 aliphatic carbocycles. The van der Waals surface area contributed by atoms with Gasteiger partial charge in [0.15, 0.2) is 6.61 Å². The lowest BCUT2D eigenvalue weighted by Gasteiger charge is -2.61. The first-order valence-electron chi connectivity index (χ1n) is 13.9. The molecule has 0 aliphatic heterocycles. The van der Waals surface area contributed by atoms with Crippen molar-refractivity contribution in [2.24, 2.45) is 17.3 Å². The molecule has 1 aromatic heterocycles. The summed E-state index contributed by atoms with van der Waals surface area (Å²) >= 11 is 1.36. The lowest BCUT2D eigenvalue weighted by Crippen LogP contribution is -2.57. The summed E-state index contributed by atoms with van der Waals surface area (Å²) < 4.78 is 10.9. The molecular weight excluding hydrogens is 498 g/mol. The Kier molecular flexibility index (Phi) is 7.18. The monoisotopic (exact) mass is 537 g/mol. The molecule has 2 aromatic rings. The summed E-state index contributed by atoms with van der Waals surface area (Å²) in [6.45, 7) is 10.0. The number of nitrogens with one attached hydrogen (secondary N) is 1. The van der Waals surface area contributed by atoms with Crippen molar-refractivity contribution in [3.8, 4) is 0 Å². The SMILES string of the molecule is CCOC(=O)c1cc(C(C)C)sc1NC(=O)COC(=O)C12CC3CC(C1)CC(c1ccc(C)c(C)c1)(C3)C2. The van der Waals surface area contributed by atoms with Crippen molar-refractivity contribution in [2.75, 3.05) is 18.5 Å². The molecule has 204 valence electrons. The molecule has 1 heterocycles. The normalized spacial score (nSPS) is 27.4. The van der Waals surface area contributed by atoms with Gasteiger partial charge in [0.25, 0.3) is 5.91 Å². The number of ether oxygens (including phenoxy) is 2. The third-order valence-corrected chi connectivity index (χ3v) is 10.4. The molecular formula is C31H39NO5S. The molecule has 6 nitrogen and oxygen atoms in total. The Balaban J connectivity index is 1.29. The van der Waals surface area contributed by atoms with Crippen molar-refractivity contribution in [3.63, 3.8) is 0 Å². The van der Waals surface area contributed by atoms with Crippen LogP contribution in [0.25, 0.3) is 0 Å². The fourth-order valence-electron chi connectivity index (χ4n) is 7.51. The minimum absolute atomic E-state index is 0.0164. The molecule has 0 radical (unpaired) electrons. The van der Waals surface area contributed by atoms with Gasteiger partial charge in [-0.05, 0) is 105 Å². The molecule has 1 N–H and O–H groups in total. The molecule has 1 amide bonds. The fraction of sp³-hybridized carbons (Fsp3) is 0.581. The average Bonchev–Trinajstić information content (AvgIpc) is 3.27. The van der Waals surface area contributed by atoms with Crippen LogP contribution in [0.1, 0.15) is 97.1 Å². The van der Waals surface area contributed by atoms with Crippen LogP contribution in [0.2, 0.25) is 0 Å². The fourth-order valence-corrected chi connectivity index (χ4v) is 8.57. The minimum Gasteiger partial charge on any atom is -0.462 e. The molecule has 4 bridgehead atoms. The van der Waals surface area contributed by atoms with Gasteiger partial charge in [0.2, 0.25) is 0 Å². The van der Waals surface area contributed by atoms with E-state index in [0.29, 0.717) is 22.4 Å². The Morgan fingerprint density at radius 2 is 1.74 bits per heavy atom. The number of hydrogen-bond donors (Lipinski definition) is 1. The van der Waals surface area contributed by atoms with Gasteiger partial charge in [-0.25, -0.2) is 4.79 Å². The van der Waals surface area contributed by atoms with E-state index < -0.39 is 17.3 Å². The molecule has 4 aliphatic rings. The first kappa shape index (κ1) is 26.9. The predicted molar refractivity (Wildman–Crippen MR) is 149 cm³/mol. The smallest absolute Gasteiger partial charge is 0.341 e. The molecule has 2 atom stereocenters. The van der Waals surface area contributed by atoms with Crippen LogP contribution in [0.3, 0.4) is 0 Å². The number of thiophene rings is 1. The quantitative estimate of drug-likeness (QED) is 0.380. The van der Waals surface area contributed by atoms with Crippen LogP contribution < -0.4 is 5.32 Å². The number of aryl methyl sites for hydroxylation is 2. The van der Waals surface area contributed by atoms with E-state index in [-0.39, 0.29) is 30.5 Å². The third kappa shape index (κ3) is 4.90.